The molecule has 0 radical (unpaired) electrons. The molecule has 2 rings (SSSR count). The highest BCUT2D eigenvalue weighted by Crippen LogP contribution is 2.12. The lowest BCUT2D eigenvalue weighted by molar-refractivity contribution is 0.408. The van der Waals surface area contributed by atoms with Crippen molar-refractivity contribution < 1.29 is 4.21 Å². The number of hydrogen-bond donors (Lipinski definition) is 1. The zero-order valence-corrected chi connectivity index (χ0v) is 10.2. The lowest BCUT2D eigenvalue weighted by Gasteiger charge is -2.22. The summed E-state index contributed by atoms with van der Waals surface area (Å²) in [6.45, 7) is 2.14. The van der Waals surface area contributed by atoms with E-state index in [1.54, 1.807) is 6.20 Å². The molecule has 88 valence electrons. The van der Waals surface area contributed by atoms with Crippen molar-refractivity contribution in [3.05, 3.63) is 30.1 Å². The molecule has 0 unspecified atom stereocenters. The van der Waals surface area contributed by atoms with Crippen LogP contribution in [0.15, 0.2) is 24.4 Å². The third-order valence-electron chi connectivity index (χ3n) is 2.86. The number of hydrogen-bond acceptors (Lipinski definition) is 3. The second kappa shape index (κ2) is 6.11. The highest BCUT2D eigenvalue weighted by molar-refractivity contribution is 7.84. The summed E-state index contributed by atoms with van der Waals surface area (Å²) in [5.74, 6) is 1.99. The highest BCUT2D eigenvalue weighted by Gasteiger charge is 2.16. The second-order valence-corrected chi connectivity index (χ2v) is 5.79. The first-order valence-corrected chi connectivity index (χ1v) is 7.29. The molecular formula is C12H18N2OS. The van der Waals surface area contributed by atoms with E-state index in [9.17, 15) is 4.21 Å². The summed E-state index contributed by atoms with van der Waals surface area (Å²) in [7, 11) is -0.771. The van der Waals surface area contributed by atoms with Crippen LogP contribution in [-0.2, 0) is 16.6 Å². The number of aromatic nitrogens is 1. The fraction of sp³-hybridized carbons (Fsp3) is 0.583. The van der Waals surface area contributed by atoms with Crippen LogP contribution in [-0.4, -0.2) is 28.0 Å². The summed E-state index contributed by atoms with van der Waals surface area (Å²) in [4.78, 5) is 4.20. The van der Waals surface area contributed by atoms with Crippen LogP contribution in [0.4, 0.5) is 0 Å². The average molecular weight is 238 g/mol. The molecule has 1 aliphatic heterocycles. The van der Waals surface area contributed by atoms with Crippen molar-refractivity contribution in [3.63, 3.8) is 0 Å². The molecule has 2 heterocycles. The molecule has 3 nitrogen and oxygen atoms in total. The number of nitrogens with one attached hydrogen (secondary N) is 1. The monoisotopic (exact) mass is 238 g/mol. The Kier molecular flexibility index (Phi) is 4.48. The van der Waals surface area contributed by atoms with E-state index in [0.717, 1.165) is 24.5 Å². The summed E-state index contributed by atoms with van der Waals surface area (Å²) < 4.78 is 11.9. The Labute approximate surface area is 99.1 Å². The van der Waals surface area contributed by atoms with Crippen LogP contribution < -0.4 is 5.32 Å². The van der Waals surface area contributed by atoms with E-state index in [-0.39, 0.29) is 0 Å². The number of nitrogens with zero attached hydrogens (tertiary/aromatic N) is 1. The lowest BCUT2D eigenvalue weighted by atomic mass is 10.0. The molecule has 0 aromatic carbocycles. The average Bonchev–Trinajstić information content (AvgIpc) is 2.31. The Morgan fingerprint density at radius 2 is 2.44 bits per heavy atom. The van der Waals surface area contributed by atoms with E-state index >= 15 is 0 Å². The molecule has 1 fully saturated rings. The van der Waals surface area contributed by atoms with Crippen LogP contribution >= 0.6 is 0 Å². The molecular weight excluding hydrogens is 220 g/mol. The van der Waals surface area contributed by atoms with Crippen LogP contribution in [0.5, 0.6) is 0 Å². The van der Waals surface area contributed by atoms with E-state index in [1.807, 2.05) is 18.2 Å². The smallest absolute Gasteiger partial charge is 0.0658 e. The predicted molar refractivity (Wildman–Crippen MR) is 66.5 cm³/mol. The normalized spacial score (nSPS) is 22.9. The van der Waals surface area contributed by atoms with Gasteiger partial charge in [-0.05, 0) is 44.0 Å². The van der Waals surface area contributed by atoms with Crippen LogP contribution in [0.25, 0.3) is 0 Å². The number of rotatable bonds is 4. The van der Waals surface area contributed by atoms with Crippen molar-refractivity contribution in [2.45, 2.75) is 18.6 Å². The maximum atomic E-state index is 11.9. The topological polar surface area (TPSA) is 42.0 Å². The zero-order valence-electron chi connectivity index (χ0n) is 9.39. The molecule has 16 heavy (non-hydrogen) atoms. The van der Waals surface area contributed by atoms with Crippen molar-refractivity contribution in [3.8, 4) is 0 Å². The van der Waals surface area contributed by atoms with Gasteiger partial charge in [0.15, 0.2) is 0 Å². The van der Waals surface area contributed by atoms with Gasteiger partial charge in [0.25, 0.3) is 0 Å². The maximum Gasteiger partial charge on any atom is 0.0658 e. The first-order chi connectivity index (χ1) is 7.84. The van der Waals surface area contributed by atoms with Gasteiger partial charge in [0.1, 0.15) is 0 Å². The molecule has 0 bridgehead atoms. The molecule has 1 saturated heterocycles. The Bertz CT molecular complexity index is 336. The van der Waals surface area contributed by atoms with Crippen molar-refractivity contribution >= 4 is 10.8 Å². The molecule has 1 aromatic rings. The molecule has 0 aliphatic carbocycles. The summed E-state index contributed by atoms with van der Waals surface area (Å²) in [5.41, 5.74) is 0.935. The molecule has 4 heteroatoms. The third-order valence-corrected chi connectivity index (χ3v) is 4.32. The van der Waals surface area contributed by atoms with Gasteiger partial charge in [-0.25, -0.2) is 0 Å². The third kappa shape index (κ3) is 3.68. The van der Waals surface area contributed by atoms with Gasteiger partial charge in [-0.2, -0.15) is 0 Å². The summed E-state index contributed by atoms with van der Waals surface area (Å²) in [5, 5.41) is 3.35. The van der Waals surface area contributed by atoms with Gasteiger partial charge in [0.05, 0.1) is 11.4 Å². The molecule has 0 saturated carbocycles. The molecule has 0 amide bonds. The van der Waals surface area contributed by atoms with Crippen LogP contribution in [0.1, 0.15) is 18.5 Å². The molecule has 0 spiro atoms. The van der Waals surface area contributed by atoms with Crippen LogP contribution in [0, 0.1) is 5.92 Å². The molecule has 1 aromatic heterocycles. The second-order valence-electron chi connectivity index (χ2n) is 4.28. The Hall–Kier alpha value is -0.740. The van der Waals surface area contributed by atoms with E-state index in [1.165, 1.54) is 12.8 Å². The SMILES string of the molecule is O=[S@@](Cc1ccccn1)C[C@H]1CCCNC1. The molecule has 1 aliphatic rings. The summed E-state index contributed by atoms with van der Waals surface area (Å²) >= 11 is 0. The minimum atomic E-state index is -0.771. The first kappa shape index (κ1) is 11.7. The Morgan fingerprint density at radius 1 is 1.50 bits per heavy atom. The lowest BCUT2D eigenvalue weighted by Crippen LogP contribution is -2.32. The minimum absolute atomic E-state index is 0.582. The van der Waals surface area contributed by atoms with Crippen LogP contribution in [0.2, 0.25) is 0 Å². The largest absolute Gasteiger partial charge is 0.316 e. The minimum Gasteiger partial charge on any atom is -0.316 e. The Morgan fingerprint density at radius 3 is 3.12 bits per heavy atom. The maximum absolute atomic E-state index is 11.9. The summed E-state index contributed by atoms with van der Waals surface area (Å²) in [6, 6.07) is 5.77. The van der Waals surface area contributed by atoms with Gasteiger partial charge in [-0.15, -0.1) is 0 Å². The van der Waals surface area contributed by atoms with Crippen molar-refractivity contribution in [2.24, 2.45) is 5.92 Å². The zero-order chi connectivity index (χ0) is 11.2. The quantitative estimate of drug-likeness (QED) is 0.860. The predicted octanol–water partition coefficient (Wildman–Crippen LogP) is 1.33. The van der Waals surface area contributed by atoms with Crippen molar-refractivity contribution in [1.82, 2.24) is 10.3 Å². The van der Waals surface area contributed by atoms with Gasteiger partial charge >= 0.3 is 0 Å². The summed E-state index contributed by atoms with van der Waals surface area (Å²) in [6.07, 6.45) is 4.18. The van der Waals surface area contributed by atoms with Crippen LogP contribution in [0.3, 0.4) is 0 Å². The van der Waals surface area contributed by atoms with Crippen molar-refractivity contribution in [2.75, 3.05) is 18.8 Å². The van der Waals surface area contributed by atoms with E-state index in [0.29, 0.717) is 11.7 Å². The fourth-order valence-electron chi connectivity index (χ4n) is 2.04. The van der Waals surface area contributed by atoms with Gasteiger partial charge in [-0.3, -0.25) is 9.19 Å². The van der Waals surface area contributed by atoms with Gasteiger partial charge in [-0.1, -0.05) is 6.07 Å². The molecule has 1 N–H and O–H groups in total. The molecule has 2 atom stereocenters. The standard InChI is InChI=1S/C12H18N2OS/c15-16(9-11-4-3-6-13-8-11)10-12-5-1-2-7-14-12/h1-2,5,7,11,13H,3-4,6,8-10H2/t11-,16+/m0/s1. The van der Waals surface area contributed by atoms with E-state index < -0.39 is 10.8 Å². The van der Waals surface area contributed by atoms with E-state index in [2.05, 4.69) is 10.3 Å². The first-order valence-electron chi connectivity index (χ1n) is 5.80. The van der Waals surface area contributed by atoms with Gasteiger partial charge in [0.2, 0.25) is 0 Å². The number of pyridine rings is 1. The van der Waals surface area contributed by atoms with Gasteiger partial charge in [0, 0.05) is 22.7 Å². The Balaban J connectivity index is 1.80. The van der Waals surface area contributed by atoms with Crippen molar-refractivity contribution in [1.29, 1.82) is 0 Å². The number of piperidine rings is 1. The van der Waals surface area contributed by atoms with Gasteiger partial charge < -0.3 is 5.32 Å². The van der Waals surface area contributed by atoms with E-state index in [4.69, 9.17) is 0 Å². The fourth-order valence-corrected chi connectivity index (χ4v) is 3.47. The highest BCUT2D eigenvalue weighted by atomic mass is 32.2.